The third kappa shape index (κ3) is 2.96. The molecule has 0 saturated heterocycles. The van der Waals surface area contributed by atoms with Crippen molar-refractivity contribution in [2.24, 2.45) is 9.98 Å². The Morgan fingerprint density at radius 3 is 1.69 bits per heavy atom. The zero-order valence-electron chi connectivity index (χ0n) is 17.2. The van der Waals surface area contributed by atoms with Crippen molar-refractivity contribution in [2.75, 3.05) is 6.61 Å². The SMILES string of the molecule is CCOc1ccc(C2=Nc3ccc4c5c(ccc(c35)O2)N=C(c2ccc(O)cc2)O4)cc1. The fourth-order valence-electron chi connectivity index (χ4n) is 3.94. The number of hydrogen-bond acceptors (Lipinski definition) is 6. The first-order valence-electron chi connectivity index (χ1n) is 10.3. The lowest BCUT2D eigenvalue weighted by atomic mass is 10.0. The normalized spacial score (nSPS) is 13.7. The summed E-state index contributed by atoms with van der Waals surface area (Å²) in [5.41, 5.74) is 3.26. The van der Waals surface area contributed by atoms with Crippen LogP contribution in [0.1, 0.15) is 18.1 Å². The summed E-state index contributed by atoms with van der Waals surface area (Å²) in [5.74, 6) is 3.44. The van der Waals surface area contributed by atoms with Crippen LogP contribution in [0.25, 0.3) is 10.8 Å². The lowest BCUT2D eigenvalue weighted by molar-refractivity contribution is 0.340. The second kappa shape index (κ2) is 7.13. The van der Waals surface area contributed by atoms with Gasteiger partial charge in [0.2, 0.25) is 11.8 Å². The molecule has 0 spiro atoms. The smallest absolute Gasteiger partial charge is 0.227 e. The molecule has 2 aliphatic rings. The van der Waals surface area contributed by atoms with E-state index in [9.17, 15) is 5.11 Å². The summed E-state index contributed by atoms with van der Waals surface area (Å²) >= 11 is 0. The number of aliphatic imine (C=N–C) groups is 2. The highest BCUT2D eigenvalue weighted by Gasteiger charge is 2.25. The Morgan fingerprint density at radius 2 is 1.19 bits per heavy atom. The fraction of sp³-hybridized carbons (Fsp3) is 0.0769. The number of nitrogens with zero attached hydrogens (tertiary/aromatic N) is 2. The van der Waals surface area contributed by atoms with Gasteiger partial charge in [0.1, 0.15) is 23.0 Å². The predicted molar refractivity (Wildman–Crippen MR) is 123 cm³/mol. The summed E-state index contributed by atoms with van der Waals surface area (Å²) in [7, 11) is 0. The molecular weight excluding hydrogens is 404 g/mol. The van der Waals surface area contributed by atoms with Crippen molar-refractivity contribution in [3.05, 3.63) is 83.9 Å². The molecule has 0 fully saturated rings. The molecular formula is C26H18N2O4. The Kier molecular flexibility index (Phi) is 4.11. The van der Waals surface area contributed by atoms with Crippen LogP contribution < -0.4 is 14.2 Å². The van der Waals surface area contributed by atoms with Crippen molar-refractivity contribution < 1.29 is 19.3 Å². The van der Waals surface area contributed by atoms with E-state index in [2.05, 4.69) is 0 Å². The van der Waals surface area contributed by atoms with Gasteiger partial charge < -0.3 is 19.3 Å². The molecule has 0 atom stereocenters. The molecule has 6 nitrogen and oxygen atoms in total. The molecule has 0 unspecified atom stereocenters. The minimum absolute atomic E-state index is 0.197. The van der Waals surface area contributed by atoms with Crippen LogP contribution in [-0.2, 0) is 0 Å². The molecule has 0 amide bonds. The number of ether oxygens (including phenoxy) is 3. The zero-order valence-corrected chi connectivity index (χ0v) is 17.2. The molecule has 32 heavy (non-hydrogen) atoms. The molecule has 2 heterocycles. The molecule has 6 heteroatoms. The Balaban J connectivity index is 1.43. The van der Waals surface area contributed by atoms with Gasteiger partial charge in [0.25, 0.3) is 0 Å². The molecule has 2 aliphatic heterocycles. The van der Waals surface area contributed by atoms with Crippen molar-refractivity contribution in [3.63, 3.8) is 0 Å². The first kappa shape index (κ1) is 18.4. The number of phenols is 1. The van der Waals surface area contributed by atoms with Gasteiger partial charge in [-0.2, -0.15) is 0 Å². The second-order valence-electron chi connectivity index (χ2n) is 7.46. The van der Waals surface area contributed by atoms with Gasteiger partial charge in [-0.05, 0) is 79.7 Å². The van der Waals surface area contributed by atoms with Crippen molar-refractivity contribution in [3.8, 4) is 23.0 Å². The molecule has 6 rings (SSSR count). The Bertz CT molecular complexity index is 1420. The number of benzene rings is 4. The maximum atomic E-state index is 9.56. The molecule has 4 aromatic rings. The van der Waals surface area contributed by atoms with Crippen LogP contribution in [0.5, 0.6) is 23.0 Å². The molecule has 0 saturated carbocycles. The Labute approximate surface area is 184 Å². The van der Waals surface area contributed by atoms with Gasteiger partial charge in [0.15, 0.2) is 0 Å². The van der Waals surface area contributed by atoms with E-state index < -0.39 is 0 Å². The zero-order chi connectivity index (χ0) is 21.7. The number of phenolic OH excluding ortho intramolecular Hbond substituents is 1. The van der Waals surface area contributed by atoms with Crippen LogP contribution >= 0.6 is 0 Å². The van der Waals surface area contributed by atoms with Gasteiger partial charge in [-0.1, -0.05) is 0 Å². The molecule has 0 radical (unpaired) electrons. The van der Waals surface area contributed by atoms with Crippen LogP contribution in [0.4, 0.5) is 11.4 Å². The van der Waals surface area contributed by atoms with E-state index in [0.717, 1.165) is 39.0 Å². The highest BCUT2D eigenvalue weighted by atomic mass is 16.5. The van der Waals surface area contributed by atoms with Gasteiger partial charge in [-0.15, -0.1) is 0 Å². The monoisotopic (exact) mass is 422 g/mol. The minimum Gasteiger partial charge on any atom is -0.508 e. The summed E-state index contributed by atoms with van der Waals surface area (Å²) in [4.78, 5) is 9.46. The van der Waals surface area contributed by atoms with Gasteiger partial charge in [-0.25, -0.2) is 9.98 Å². The van der Waals surface area contributed by atoms with E-state index in [1.54, 1.807) is 24.3 Å². The van der Waals surface area contributed by atoms with E-state index in [0.29, 0.717) is 29.9 Å². The van der Waals surface area contributed by atoms with Gasteiger partial charge in [0, 0.05) is 11.1 Å². The summed E-state index contributed by atoms with van der Waals surface area (Å²) in [6.07, 6.45) is 0. The Morgan fingerprint density at radius 1 is 0.688 bits per heavy atom. The van der Waals surface area contributed by atoms with Gasteiger partial charge in [0.05, 0.1) is 28.8 Å². The summed E-state index contributed by atoms with van der Waals surface area (Å²) in [6.45, 7) is 2.58. The average Bonchev–Trinajstić information content (AvgIpc) is 2.83. The van der Waals surface area contributed by atoms with E-state index in [1.165, 1.54) is 0 Å². The minimum atomic E-state index is 0.197. The predicted octanol–water partition coefficient (Wildman–Crippen LogP) is 5.89. The van der Waals surface area contributed by atoms with Crippen molar-refractivity contribution in [1.29, 1.82) is 0 Å². The maximum Gasteiger partial charge on any atom is 0.227 e. The quantitative estimate of drug-likeness (QED) is 0.445. The average molecular weight is 422 g/mol. The highest BCUT2D eigenvalue weighted by molar-refractivity contribution is 6.16. The van der Waals surface area contributed by atoms with E-state index >= 15 is 0 Å². The molecule has 1 N–H and O–H groups in total. The largest absolute Gasteiger partial charge is 0.508 e. The molecule has 156 valence electrons. The van der Waals surface area contributed by atoms with Crippen LogP contribution in [0.3, 0.4) is 0 Å². The van der Waals surface area contributed by atoms with Crippen LogP contribution in [0.2, 0.25) is 0 Å². The van der Waals surface area contributed by atoms with Crippen molar-refractivity contribution >= 4 is 33.9 Å². The topological polar surface area (TPSA) is 72.6 Å². The fourth-order valence-corrected chi connectivity index (χ4v) is 3.94. The van der Waals surface area contributed by atoms with Gasteiger partial charge in [-0.3, -0.25) is 0 Å². The maximum absolute atomic E-state index is 9.56. The molecule has 0 aromatic heterocycles. The number of rotatable bonds is 4. The number of hydrogen-bond donors (Lipinski definition) is 1. The Hall–Kier alpha value is -4.32. The van der Waals surface area contributed by atoms with Crippen LogP contribution in [0, 0.1) is 0 Å². The standard InChI is InChI=1S/C26H18N2O4/c1-2-30-18-9-5-16(6-10-18)26-28-20-12-13-21-23-19(11-14-22(32-26)24(20)23)27-25(31-21)15-3-7-17(29)8-4-15/h3-14,29H,2H2,1H3. The van der Waals surface area contributed by atoms with E-state index in [-0.39, 0.29) is 5.75 Å². The van der Waals surface area contributed by atoms with Crippen molar-refractivity contribution in [2.45, 2.75) is 6.92 Å². The first-order chi connectivity index (χ1) is 15.7. The van der Waals surface area contributed by atoms with Gasteiger partial charge >= 0.3 is 0 Å². The van der Waals surface area contributed by atoms with E-state index in [1.807, 2.05) is 55.5 Å². The third-order valence-corrected chi connectivity index (χ3v) is 5.42. The summed E-state index contributed by atoms with van der Waals surface area (Å²) in [5, 5.41) is 11.3. The molecule has 0 aliphatic carbocycles. The summed E-state index contributed by atoms with van der Waals surface area (Å²) < 4.78 is 17.8. The van der Waals surface area contributed by atoms with Crippen LogP contribution in [0.15, 0.2) is 82.8 Å². The molecule has 4 aromatic carbocycles. The highest BCUT2D eigenvalue weighted by Crippen LogP contribution is 2.48. The van der Waals surface area contributed by atoms with Crippen LogP contribution in [-0.4, -0.2) is 23.5 Å². The summed E-state index contributed by atoms with van der Waals surface area (Å²) in [6, 6.07) is 22.2. The lowest BCUT2D eigenvalue weighted by Crippen LogP contribution is -2.15. The van der Waals surface area contributed by atoms with Crippen molar-refractivity contribution in [1.82, 2.24) is 0 Å². The lowest BCUT2D eigenvalue weighted by Gasteiger charge is -2.23. The molecule has 0 bridgehead atoms. The second-order valence-corrected chi connectivity index (χ2v) is 7.46. The first-order valence-corrected chi connectivity index (χ1v) is 10.3. The third-order valence-electron chi connectivity index (χ3n) is 5.42. The van der Waals surface area contributed by atoms with E-state index in [4.69, 9.17) is 24.2 Å². The number of aromatic hydroxyl groups is 1.